The highest BCUT2D eigenvalue weighted by Gasteiger charge is 2.25. The van der Waals surface area contributed by atoms with Gasteiger partial charge >= 0.3 is 0 Å². The molecule has 0 amide bonds. The molecule has 0 aromatic heterocycles. The molecule has 1 aliphatic rings. The lowest BCUT2D eigenvalue weighted by atomic mass is 10.1. The Morgan fingerprint density at radius 1 is 1.21 bits per heavy atom. The molecule has 2 N–H and O–H groups in total. The van der Waals surface area contributed by atoms with Crippen molar-refractivity contribution in [3.63, 3.8) is 0 Å². The van der Waals surface area contributed by atoms with E-state index in [0.717, 1.165) is 5.56 Å². The average molecular weight is 282 g/mol. The van der Waals surface area contributed by atoms with Crippen LogP contribution < -0.4 is 10.0 Å². The Balaban J connectivity index is 2.22. The van der Waals surface area contributed by atoms with Gasteiger partial charge in [0.2, 0.25) is 10.0 Å². The van der Waals surface area contributed by atoms with E-state index in [1.165, 1.54) is 12.8 Å². The van der Waals surface area contributed by atoms with Gasteiger partial charge in [-0.25, -0.2) is 13.1 Å². The largest absolute Gasteiger partial charge is 0.310 e. The van der Waals surface area contributed by atoms with Crippen LogP contribution in [0.5, 0.6) is 0 Å². The molecular formula is C14H22N2O2S. The topological polar surface area (TPSA) is 58.2 Å². The van der Waals surface area contributed by atoms with E-state index < -0.39 is 15.6 Å². The summed E-state index contributed by atoms with van der Waals surface area (Å²) in [6.07, 6.45) is 2.38. The molecule has 0 heterocycles. The van der Waals surface area contributed by atoms with Gasteiger partial charge < -0.3 is 5.32 Å². The lowest BCUT2D eigenvalue weighted by molar-refractivity contribution is 0.490. The molecule has 5 heteroatoms. The van der Waals surface area contributed by atoms with Crippen molar-refractivity contribution in [1.29, 1.82) is 0 Å². The highest BCUT2D eigenvalue weighted by molar-refractivity contribution is 7.89. The molecule has 2 rings (SSSR count). The van der Waals surface area contributed by atoms with E-state index in [-0.39, 0.29) is 0 Å². The molecular weight excluding hydrogens is 260 g/mol. The third-order valence-electron chi connectivity index (χ3n) is 2.86. The van der Waals surface area contributed by atoms with Crippen LogP contribution in [0.25, 0.3) is 0 Å². The SMILES string of the molecule is CC(C)(C)NS(=O)(=O)c1ccccc1CNC1CC1. The van der Waals surface area contributed by atoms with Gasteiger partial charge in [-0.2, -0.15) is 0 Å². The molecule has 0 radical (unpaired) electrons. The van der Waals surface area contributed by atoms with Crippen molar-refractivity contribution in [3.05, 3.63) is 29.8 Å². The first-order valence-electron chi connectivity index (χ1n) is 6.63. The second kappa shape index (κ2) is 5.23. The lowest BCUT2D eigenvalue weighted by Crippen LogP contribution is -2.41. The maximum Gasteiger partial charge on any atom is 0.241 e. The second-order valence-corrected chi connectivity index (χ2v) is 7.77. The summed E-state index contributed by atoms with van der Waals surface area (Å²) in [6, 6.07) is 7.73. The van der Waals surface area contributed by atoms with Gasteiger partial charge in [-0.3, -0.25) is 0 Å². The van der Waals surface area contributed by atoms with Crippen molar-refractivity contribution >= 4 is 10.0 Å². The number of benzene rings is 1. The molecule has 1 aromatic rings. The highest BCUT2D eigenvalue weighted by atomic mass is 32.2. The van der Waals surface area contributed by atoms with Crippen molar-refractivity contribution in [2.45, 2.75) is 56.6 Å². The van der Waals surface area contributed by atoms with Crippen LogP contribution in [-0.2, 0) is 16.6 Å². The number of hydrogen-bond donors (Lipinski definition) is 2. The van der Waals surface area contributed by atoms with Crippen LogP contribution in [0.3, 0.4) is 0 Å². The van der Waals surface area contributed by atoms with Crippen molar-refractivity contribution in [1.82, 2.24) is 10.0 Å². The maximum atomic E-state index is 12.4. The normalized spacial score (nSPS) is 16.6. The van der Waals surface area contributed by atoms with Crippen LogP contribution in [0.15, 0.2) is 29.2 Å². The average Bonchev–Trinajstić information content (AvgIpc) is 3.07. The molecule has 0 unspecified atom stereocenters. The van der Waals surface area contributed by atoms with E-state index in [4.69, 9.17) is 0 Å². The second-order valence-electron chi connectivity index (χ2n) is 6.12. The van der Waals surface area contributed by atoms with Crippen molar-refractivity contribution < 1.29 is 8.42 Å². The Labute approximate surface area is 115 Å². The Morgan fingerprint density at radius 2 is 1.84 bits per heavy atom. The smallest absolute Gasteiger partial charge is 0.241 e. The number of hydrogen-bond acceptors (Lipinski definition) is 3. The zero-order chi connectivity index (χ0) is 14.1. The van der Waals surface area contributed by atoms with Gasteiger partial charge in [0.15, 0.2) is 0 Å². The van der Waals surface area contributed by atoms with Crippen molar-refractivity contribution in [2.75, 3.05) is 0 Å². The monoisotopic (exact) mass is 282 g/mol. The summed E-state index contributed by atoms with van der Waals surface area (Å²) in [5.41, 5.74) is 0.349. The van der Waals surface area contributed by atoms with E-state index in [1.807, 2.05) is 32.9 Å². The molecule has 0 atom stereocenters. The highest BCUT2D eigenvalue weighted by Crippen LogP contribution is 2.22. The first-order valence-corrected chi connectivity index (χ1v) is 8.11. The summed E-state index contributed by atoms with van der Waals surface area (Å²) in [6.45, 7) is 6.13. The molecule has 1 saturated carbocycles. The Bertz CT molecular complexity index is 543. The van der Waals surface area contributed by atoms with Gasteiger partial charge in [0.25, 0.3) is 0 Å². The first-order chi connectivity index (χ1) is 8.78. The van der Waals surface area contributed by atoms with Crippen LogP contribution in [0.1, 0.15) is 39.2 Å². The zero-order valence-electron chi connectivity index (χ0n) is 11.7. The van der Waals surface area contributed by atoms with Gasteiger partial charge in [-0.15, -0.1) is 0 Å². The van der Waals surface area contributed by atoms with E-state index in [2.05, 4.69) is 10.0 Å². The van der Waals surface area contributed by atoms with Crippen LogP contribution in [0.2, 0.25) is 0 Å². The summed E-state index contributed by atoms with van der Waals surface area (Å²) >= 11 is 0. The summed E-state index contributed by atoms with van der Waals surface area (Å²) in [4.78, 5) is 0.373. The predicted molar refractivity (Wildman–Crippen MR) is 76.4 cm³/mol. The summed E-state index contributed by atoms with van der Waals surface area (Å²) in [5, 5.41) is 3.36. The van der Waals surface area contributed by atoms with Gasteiger partial charge in [0.05, 0.1) is 4.90 Å². The fraction of sp³-hybridized carbons (Fsp3) is 0.571. The zero-order valence-corrected chi connectivity index (χ0v) is 12.5. The molecule has 0 bridgehead atoms. The fourth-order valence-corrected chi connectivity index (χ4v) is 3.57. The minimum atomic E-state index is -3.47. The summed E-state index contributed by atoms with van der Waals surface area (Å²) in [5.74, 6) is 0. The quantitative estimate of drug-likeness (QED) is 0.868. The standard InChI is InChI=1S/C14H22N2O2S/c1-14(2,3)16-19(17,18)13-7-5-4-6-11(13)10-15-12-8-9-12/h4-7,12,15-16H,8-10H2,1-3H3. The fourth-order valence-electron chi connectivity index (χ4n) is 1.91. The van der Waals surface area contributed by atoms with E-state index >= 15 is 0 Å². The number of sulfonamides is 1. The van der Waals surface area contributed by atoms with Crippen LogP contribution >= 0.6 is 0 Å². The molecule has 1 fully saturated rings. The molecule has 4 nitrogen and oxygen atoms in total. The van der Waals surface area contributed by atoms with Gasteiger partial charge in [-0.1, -0.05) is 18.2 Å². The third kappa shape index (κ3) is 4.30. The lowest BCUT2D eigenvalue weighted by Gasteiger charge is -2.21. The van der Waals surface area contributed by atoms with E-state index in [1.54, 1.807) is 12.1 Å². The predicted octanol–water partition coefficient (Wildman–Crippen LogP) is 2.02. The minimum absolute atomic E-state index is 0.373. The van der Waals surface area contributed by atoms with Crippen LogP contribution in [0.4, 0.5) is 0 Å². The molecule has 106 valence electrons. The van der Waals surface area contributed by atoms with Gasteiger partial charge in [-0.05, 0) is 45.2 Å². The summed E-state index contributed by atoms with van der Waals surface area (Å²) < 4.78 is 27.5. The van der Waals surface area contributed by atoms with Crippen LogP contribution in [-0.4, -0.2) is 20.0 Å². The molecule has 0 saturated heterocycles. The maximum absolute atomic E-state index is 12.4. The molecule has 1 aliphatic carbocycles. The Hall–Kier alpha value is -0.910. The molecule has 1 aromatic carbocycles. The number of nitrogens with one attached hydrogen (secondary N) is 2. The molecule has 0 aliphatic heterocycles. The first kappa shape index (κ1) is 14.5. The third-order valence-corrected chi connectivity index (χ3v) is 4.72. The van der Waals surface area contributed by atoms with Gasteiger partial charge in [0, 0.05) is 18.1 Å². The molecule has 0 spiro atoms. The Kier molecular flexibility index (Phi) is 3.99. The Morgan fingerprint density at radius 3 is 2.42 bits per heavy atom. The number of rotatable bonds is 5. The van der Waals surface area contributed by atoms with Crippen molar-refractivity contribution in [2.24, 2.45) is 0 Å². The van der Waals surface area contributed by atoms with E-state index in [0.29, 0.717) is 17.5 Å². The summed E-state index contributed by atoms with van der Waals surface area (Å²) in [7, 11) is -3.47. The van der Waals surface area contributed by atoms with Gasteiger partial charge in [0.1, 0.15) is 0 Å². The van der Waals surface area contributed by atoms with E-state index in [9.17, 15) is 8.42 Å². The van der Waals surface area contributed by atoms with Crippen LogP contribution in [0, 0.1) is 0 Å². The minimum Gasteiger partial charge on any atom is -0.310 e. The van der Waals surface area contributed by atoms with Crippen molar-refractivity contribution in [3.8, 4) is 0 Å². The molecule has 19 heavy (non-hydrogen) atoms.